The number of hydrogen-bond donors (Lipinski definition) is 2. The molecule has 0 fully saturated rings. The number of alkyl halides is 3. The van der Waals surface area contributed by atoms with E-state index in [0.717, 1.165) is 11.0 Å². The largest absolute Gasteiger partial charge is 0.465 e. The summed E-state index contributed by atoms with van der Waals surface area (Å²) in [5.41, 5.74) is 3.95. The fraction of sp³-hybridized carbons (Fsp3) is 0.500. The fourth-order valence-electron chi connectivity index (χ4n) is 2.03. The lowest BCUT2D eigenvalue weighted by Gasteiger charge is -2.33. The minimum Gasteiger partial charge on any atom is -0.465 e. The molecular formula is C14H19F3N2O2. The summed E-state index contributed by atoms with van der Waals surface area (Å²) >= 11 is 0. The molecular weight excluding hydrogens is 285 g/mol. The SMILES string of the molecule is CC(C)(C)N(CCc1ccc(N)cc1C(F)(F)F)C(=O)O. The highest BCUT2D eigenvalue weighted by Crippen LogP contribution is 2.33. The number of nitrogens with two attached hydrogens (primary N) is 1. The van der Waals surface area contributed by atoms with E-state index in [2.05, 4.69) is 0 Å². The van der Waals surface area contributed by atoms with Crippen LogP contribution in [0.2, 0.25) is 0 Å². The lowest BCUT2D eigenvalue weighted by atomic mass is 10.0. The van der Waals surface area contributed by atoms with Crippen molar-refractivity contribution in [2.24, 2.45) is 0 Å². The van der Waals surface area contributed by atoms with Crippen LogP contribution in [0.4, 0.5) is 23.7 Å². The standard InChI is InChI=1S/C14H19F3N2O2/c1-13(2,3)19(12(20)21)7-6-9-4-5-10(18)8-11(9)14(15,16)17/h4-5,8H,6-7,18H2,1-3H3,(H,20,21). The number of anilines is 1. The molecule has 0 aliphatic heterocycles. The van der Waals surface area contributed by atoms with Gasteiger partial charge in [0.1, 0.15) is 0 Å². The predicted molar refractivity (Wildman–Crippen MR) is 74.0 cm³/mol. The van der Waals surface area contributed by atoms with Crippen molar-refractivity contribution in [3.05, 3.63) is 29.3 Å². The summed E-state index contributed by atoms with van der Waals surface area (Å²) in [4.78, 5) is 12.3. The van der Waals surface area contributed by atoms with Crippen molar-refractivity contribution in [1.82, 2.24) is 4.90 Å². The fourth-order valence-corrected chi connectivity index (χ4v) is 2.03. The Balaban J connectivity index is 3.01. The van der Waals surface area contributed by atoms with Gasteiger partial charge in [-0.2, -0.15) is 13.2 Å². The van der Waals surface area contributed by atoms with Crippen molar-refractivity contribution in [2.75, 3.05) is 12.3 Å². The molecule has 1 rings (SSSR count). The van der Waals surface area contributed by atoms with Gasteiger partial charge in [-0.3, -0.25) is 0 Å². The van der Waals surface area contributed by atoms with Crippen molar-refractivity contribution in [3.8, 4) is 0 Å². The van der Waals surface area contributed by atoms with E-state index in [1.807, 2.05) is 0 Å². The molecule has 7 heteroatoms. The zero-order valence-corrected chi connectivity index (χ0v) is 12.2. The number of carboxylic acid groups (broad SMARTS) is 1. The van der Waals surface area contributed by atoms with Crippen LogP contribution in [0.1, 0.15) is 31.9 Å². The summed E-state index contributed by atoms with van der Waals surface area (Å²) in [6.07, 6.45) is -5.70. The Bertz CT molecular complexity index is 522. The maximum atomic E-state index is 13.0. The van der Waals surface area contributed by atoms with Gasteiger partial charge in [-0.1, -0.05) is 6.07 Å². The third-order valence-electron chi connectivity index (χ3n) is 3.08. The zero-order chi connectivity index (χ0) is 16.4. The topological polar surface area (TPSA) is 66.6 Å². The first kappa shape index (κ1) is 17.1. The van der Waals surface area contributed by atoms with Gasteiger partial charge < -0.3 is 15.7 Å². The van der Waals surface area contributed by atoms with Gasteiger partial charge >= 0.3 is 12.3 Å². The molecule has 0 spiro atoms. The molecule has 0 radical (unpaired) electrons. The van der Waals surface area contributed by atoms with Crippen LogP contribution < -0.4 is 5.73 Å². The number of halogens is 3. The van der Waals surface area contributed by atoms with Gasteiger partial charge in [0.2, 0.25) is 0 Å². The van der Waals surface area contributed by atoms with Crippen LogP contribution in [-0.2, 0) is 12.6 Å². The van der Waals surface area contributed by atoms with Crippen LogP contribution in [0.3, 0.4) is 0 Å². The molecule has 0 saturated heterocycles. The minimum atomic E-state index is -4.51. The van der Waals surface area contributed by atoms with Crippen LogP contribution >= 0.6 is 0 Å². The van der Waals surface area contributed by atoms with E-state index in [4.69, 9.17) is 10.8 Å². The monoisotopic (exact) mass is 304 g/mol. The molecule has 0 bridgehead atoms. The second-order valence-electron chi connectivity index (χ2n) is 5.77. The lowest BCUT2D eigenvalue weighted by molar-refractivity contribution is -0.138. The van der Waals surface area contributed by atoms with E-state index < -0.39 is 23.4 Å². The lowest BCUT2D eigenvalue weighted by Crippen LogP contribution is -2.46. The normalized spacial score (nSPS) is 12.3. The van der Waals surface area contributed by atoms with Gasteiger partial charge in [0, 0.05) is 17.8 Å². The van der Waals surface area contributed by atoms with Crippen molar-refractivity contribution in [1.29, 1.82) is 0 Å². The molecule has 0 aromatic heterocycles. The summed E-state index contributed by atoms with van der Waals surface area (Å²) in [7, 11) is 0. The maximum absolute atomic E-state index is 13.0. The van der Waals surface area contributed by atoms with Gasteiger partial charge in [0.15, 0.2) is 0 Å². The molecule has 0 saturated carbocycles. The van der Waals surface area contributed by atoms with E-state index >= 15 is 0 Å². The van der Waals surface area contributed by atoms with E-state index in [9.17, 15) is 18.0 Å². The molecule has 4 nitrogen and oxygen atoms in total. The molecule has 0 unspecified atom stereocenters. The average Bonchev–Trinajstić information content (AvgIpc) is 2.27. The van der Waals surface area contributed by atoms with Crippen molar-refractivity contribution in [2.45, 2.75) is 38.9 Å². The maximum Gasteiger partial charge on any atom is 0.416 e. The Morgan fingerprint density at radius 1 is 1.29 bits per heavy atom. The first-order valence-corrected chi connectivity index (χ1v) is 6.39. The Hall–Kier alpha value is -1.92. The number of carbonyl (C=O) groups is 1. The smallest absolute Gasteiger partial charge is 0.416 e. The Kier molecular flexibility index (Phi) is 4.76. The highest BCUT2D eigenvalue weighted by atomic mass is 19.4. The van der Waals surface area contributed by atoms with E-state index in [-0.39, 0.29) is 24.2 Å². The van der Waals surface area contributed by atoms with Crippen LogP contribution in [-0.4, -0.2) is 28.2 Å². The van der Waals surface area contributed by atoms with E-state index in [0.29, 0.717) is 0 Å². The van der Waals surface area contributed by atoms with Crippen LogP contribution in [0.25, 0.3) is 0 Å². The Morgan fingerprint density at radius 2 is 1.86 bits per heavy atom. The second-order valence-corrected chi connectivity index (χ2v) is 5.77. The third-order valence-corrected chi connectivity index (χ3v) is 3.08. The molecule has 0 heterocycles. The minimum absolute atomic E-state index is 0.0220. The molecule has 21 heavy (non-hydrogen) atoms. The highest BCUT2D eigenvalue weighted by Gasteiger charge is 2.34. The molecule has 3 N–H and O–H groups in total. The highest BCUT2D eigenvalue weighted by molar-refractivity contribution is 5.66. The number of nitrogen functional groups attached to an aromatic ring is 1. The predicted octanol–water partition coefficient (Wildman–Crippen LogP) is 3.61. The summed E-state index contributed by atoms with van der Waals surface area (Å²) in [5, 5.41) is 9.14. The van der Waals surface area contributed by atoms with Gasteiger partial charge in [0.05, 0.1) is 5.56 Å². The van der Waals surface area contributed by atoms with Crippen LogP contribution in [0.5, 0.6) is 0 Å². The summed E-state index contributed by atoms with van der Waals surface area (Å²) < 4.78 is 38.9. The molecule has 118 valence electrons. The molecule has 0 atom stereocenters. The van der Waals surface area contributed by atoms with E-state index in [1.165, 1.54) is 12.1 Å². The summed E-state index contributed by atoms with van der Waals surface area (Å²) in [6, 6.07) is 3.55. The van der Waals surface area contributed by atoms with Crippen molar-refractivity contribution < 1.29 is 23.1 Å². The quantitative estimate of drug-likeness (QED) is 0.838. The first-order chi connectivity index (χ1) is 9.43. The number of benzene rings is 1. The van der Waals surface area contributed by atoms with Gasteiger partial charge in [-0.15, -0.1) is 0 Å². The molecule has 1 aromatic rings. The molecule has 1 aromatic carbocycles. The number of nitrogens with zero attached hydrogens (tertiary/aromatic N) is 1. The number of rotatable bonds is 3. The van der Waals surface area contributed by atoms with Gasteiger partial charge in [0.25, 0.3) is 0 Å². The second kappa shape index (κ2) is 5.83. The van der Waals surface area contributed by atoms with Crippen LogP contribution in [0, 0.1) is 0 Å². The number of amides is 1. The van der Waals surface area contributed by atoms with Crippen molar-refractivity contribution in [3.63, 3.8) is 0 Å². The third kappa shape index (κ3) is 4.54. The molecule has 1 amide bonds. The number of hydrogen-bond acceptors (Lipinski definition) is 2. The van der Waals surface area contributed by atoms with E-state index in [1.54, 1.807) is 20.8 Å². The Labute approximate surface area is 121 Å². The van der Waals surface area contributed by atoms with Crippen molar-refractivity contribution >= 4 is 11.8 Å². The summed E-state index contributed by atoms with van der Waals surface area (Å²) in [6.45, 7) is 5.05. The van der Waals surface area contributed by atoms with Gasteiger partial charge in [-0.25, -0.2) is 4.79 Å². The zero-order valence-electron chi connectivity index (χ0n) is 12.2. The molecule has 0 aliphatic rings. The molecule has 0 aliphatic carbocycles. The average molecular weight is 304 g/mol. The first-order valence-electron chi connectivity index (χ1n) is 6.39. The Morgan fingerprint density at radius 3 is 2.29 bits per heavy atom. The van der Waals surface area contributed by atoms with Gasteiger partial charge in [-0.05, 0) is 44.9 Å². The summed E-state index contributed by atoms with van der Waals surface area (Å²) in [5.74, 6) is 0. The van der Waals surface area contributed by atoms with Crippen LogP contribution in [0.15, 0.2) is 18.2 Å².